The van der Waals surface area contributed by atoms with Gasteiger partial charge in [0.25, 0.3) is 0 Å². The average Bonchev–Trinajstić information content (AvgIpc) is 2.89. The molecule has 104 valence electrons. The lowest BCUT2D eigenvalue weighted by Crippen LogP contribution is -2.27. The van der Waals surface area contributed by atoms with E-state index in [1.807, 2.05) is 0 Å². The minimum atomic E-state index is 0.934. The molecule has 2 nitrogen and oxygen atoms in total. The Morgan fingerprint density at radius 3 is 2.89 bits per heavy atom. The maximum Gasteiger partial charge on any atom is 0.0419 e. The summed E-state index contributed by atoms with van der Waals surface area (Å²) >= 11 is 0. The first-order valence-corrected chi connectivity index (χ1v) is 7.86. The van der Waals surface area contributed by atoms with Gasteiger partial charge in [-0.3, -0.25) is 0 Å². The highest BCUT2D eigenvalue weighted by Crippen LogP contribution is 2.28. The van der Waals surface area contributed by atoms with Crippen LogP contribution >= 0.6 is 0 Å². The number of rotatable bonds is 4. The largest absolute Gasteiger partial charge is 0.384 e. The van der Waals surface area contributed by atoms with E-state index in [1.165, 1.54) is 61.9 Å². The first-order valence-electron chi connectivity index (χ1n) is 7.86. The van der Waals surface area contributed by atoms with Crippen LogP contribution in [0.15, 0.2) is 18.2 Å². The maximum absolute atomic E-state index is 3.55. The summed E-state index contributed by atoms with van der Waals surface area (Å²) < 4.78 is 0. The van der Waals surface area contributed by atoms with Crippen LogP contribution in [0.25, 0.3) is 0 Å². The molecule has 1 aromatic rings. The molecule has 2 aliphatic rings. The molecule has 3 rings (SSSR count). The second kappa shape index (κ2) is 5.96. The van der Waals surface area contributed by atoms with Crippen LogP contribution in [0.4, 0.5) is 5.69 Å². The van der Waals surface area contributed by atoms with Gasteiger partial charge in [-0.05, 0) is 43.4 Å². The predicted molar refractivity (Wildman–Crippen MR) is 81.5 cm³/mol. The van der Waals surface area contributed by atoms with Gasteiger partial charge in [0.2, 0.25) is 0 Å². The lowest BCUT2D eigenvalue weighted by atomic mass is 9.89. The van der Waals surface area contributed by atoms with Crippen LogP contribution in [0, 0.1) is 5.92 Å². The zero-order valence-electron chi connectivity index (χ0n) is 12.1. The Labute approximate surface area is 117 Å². The fourth-order valence-corrected chi connectivity index (χ4v) is 3.71. The monoisotopic (exact) mass is 258 g/mol. The molecule has 1 fully saturated rings. The molecule has 0 unspecified atom stereocenters. The number of nitrogens with zero attached hydrogens (tertiary/aromatic N) is 1. The van der Waals surface area contributed by atoms with E-state index in [-0.39, 0.29) is 0 Å². The second-order valence-electron chi connectivity index (χ2n) is 6.33. The van der Waals surface area contributed by atoms with Crippen LogP contribution in [0.2, 0.25) is 0 Å². The number of nitrogens with one attached hydrogen (secondary N) is 1. The molecular formula is C17H26N2. The van der Waals surface area contributed by atoms with E-state index < -0.39 is 0 Å². The smallest absolute Gasteiger partial charge is 0.0419 e. The SMILES string of the molecule is CN(Cc1cccc2c1NCC2)CC1CCCCC1. The Morgan fingerprint density at radius 2 is 2.05 bits per heavy atom. The molecule has 1 aliphatic carbocycles. The van der Waals surface area contributed by atoms with Crippen LogP contribution in [0.5, 0.6) is 0 Å². The van der Waals surface area contributed by atoms with Crippen LogP contribution in [-0.2, 0) is 13.0 Å². The van der Waals surface area contributed by atoms with Gasteiger partial charge in [0.1, 0.15) is 0 Å². The van der Waals surface area contributed by atoms with Crippen molar-refractivity contribution in [1.82, 2.24) is 4.90 Å². The zero-order chi connectivity index (χ0) is 13.1. The minimum Gasteiger partial charge on any atom is -0.384 e. The van der Waals surface area contributed by atoms with Gasteiger partial charge in [-0.1, -0.05) is 37.5 Å². The van der Waals surface area contributed by atoms with E-state index in [0.717, 1.165) is 19.0 Å². The molecule has 1 aromatic carbocycles. The topological polar surface area (TPSA) is 15.3 Å². The van der Waals surface area contributed by atoms with E-state index in [0.29, 0.717) is 0 Å². The Kier molecular flexibility index (Phi) is 4.07. The van der Waals surface area contributed by atoms with Gasteiger partial charge in [0, 0.05) is 25.3 Å². The fraction of sp³-hybridized carbons (Fsp3) is 0.647. The van der Waals surface area contributed by atoms with Crippen molar-refractivity contribution in [3.8, 4) is 0 Å². The highest BCUT2D eigenvalue weighted by atomic mass is 15.1. The van der Waals surface area contributed by atoms with Gasteiger partial charge in [-0.25, -0.2) is 0 Å². The molecule has 0 bridgehead atoms. The zero-order valence-corrected chi connectivity index (χ0v) is 12.1. The van der Waals surface area contributed by atoms with Gasteiger partial charge in [-0.15, -0.1) is 0 Å². The Bertz CT molecular complexity index is 421. The fourth-order valence-electron chi connectivity index (χ4n) is 3.71. The number of hydrogen-bond donors (Lipinski definition) is 1. The molecule has 0 amide bonds. The standard InChI is InChI=1S/C17H26N2/c1-19(12-14-6-3-2-4-7-14)13-16-9-5-8-15-10-11-18-17(15)16/h5,8-9,14,18H,2-4,6-7,10-13H2,1H3. The van der Waals surface area contributed by atoms with E-state index in [2.05, 4.69) is 35.5 Å². The number of para-hydroxylation sites is 1. The summed E-state index contributed by atoms with van der Waals surface area (Å²) in [5, 5.41) is 3.55. The van der Waals surface area contributed by atoms with Crippen molar-refractivity contribution in [2.24, 2.45) is 5.92 Å². The number of benzene rings is 1. The van der Waals surface area contributed by atoms with Gasteiger partial charge >= 0.3 is 0 Å². The summed E-state index contributed by atoms with van der Waals surface area (Å²) in [5.74, 6) is 0.934. The highest BCUT2D eigenvalue weighted by Gasteiger charge is 2.18. The Morgan fingerprint density at radius 1 is 1.21 bits per heavy atom. The van der Waals surface area contributed by atoms with Gasteiger partial charge in [-0.2, -0.15) is 0 Å². The molecule has 1 heterocycles. The molecular weight excluding hydrogens is 232 g/mol. The molecule has 0 radical (unpaired) electrons. The molecule has 1 aliphatic heterocycles. The molecule has 1 saturated carbocycles. The summed E-state index contributed by atoms with van der Waals surface area (Å²) in [7, 11) is 2.28. The second-order valence-corrected chi connectivity index (χ2v) is 6.33. The van der Waals surface area contributed by atoms with Crippen molar-refractivity contribution in [2.45, 2.75) is 45.1 Å². The first kappa shape index (κ1) is 13.0. The number of anilines is 1. The third kappa shape index (κ3) is 3.11. The van der Waals surface area contributed by atoms with Crippen molar-refractivity contribution in [3.63, 3.8) is 0 Å². The normalized spacial score (nSPS) is 19.5. The predicted octanol–water partition coefficient (Wildman–Crippen LogP) is 3.67. The molecule has 0 aromatic heterocycles. The number of fused-ring (bicyclic) bond motifs is 1. The minimum absolute atomic E-state index is 0.934. The van der Waals surface area contributed by atoms with Crippen molar-refractivity contribution in [2.75, 3.05) is 25.5 Å². The molecule has 1 N–H and O–H groups in total. The van der Waals surface area contributed by atoms with E-state index in [4.69, 9.17) is 0 Å². The first-order chi connectivity index (χ1) is 9.33. The van der Waals surface area contributed by atoms with Crippen LogP contribution in [0.3, 0.4) is 0 Å². The summed E-state index contributed by atoms with van der Waals surface area (Å²) in [6, 6.07) is 6.77. The molecule has 0 spiro atoms. The van der Waals surface area contributed by atoms with Gasteiger partial charge in [0.05, 0.1) is 0 Å². The molecule has 0 atom stereocenters. The summed E-state index contributed by atoms with van der Waals surface area (Å²) in [5.41, 5.74) is 4.40. The molecule has 0 saturated heterocycles. The highest BCUT2D eigenvalue weighted by molar-refractivity contribution is 5.61. The number of hydrogen-bond acceptors (Lipinski definition) is 2. The van der Waals surface area contributed by atoms with Crippen molar-refractivity contribution in [3.05, 3.63) is 29.3 Å². The van der Waals surface area contributed by atoms with E-state index in [1.54, 1.807) is 0 Å². The van der Waals surface area contributed by atoms with Crippen LogP contribution < -0.4 is 5.32 Å². The summed E-state index contributed by atoms with van der Waals surface area (Å²) in [6.07, 6.45) is 8.42. The molecule has 19 heavy (non-hydrogen) atoms. The summed E-state index contributed by atoms with van der Waals surface area (Å²) in [6.45, 7) is 3.47. The maximum atomic E-state index is 3.55. The van der Waals surface area contributed by atoms with E-state index >= 15 is 0 Å². The van der Waals surface area contributed by atoms with Crippen molar-refractivity contribution >= 4 is 5.69 Å². The Balaban J connectivity index is 1.60. The lowest BCUT2D eigenvalue weighted by Gasteiger charge is -2.27. The average molecular weight is 258 g/mol. The van der Waals surface area contributed by atoms with Crippen LogP contribution in [-0.4, -0.2) is 25.0 Å². The third-order valence-corrected chi connectivity index (χ3v) is 4.67. The third-order valence-electron chi connectivity index (χ3n) is 4.67. The van der Waals surface area contributed by atoms with Crippen molar-refractivity contribution < 1.29 is 0 Å². The molecule has 2 heteroatoms. The van der Waals surface area contributed by atoms with E-state index in [9.17, 15) is 0 Å². The van der Waals surface area contributed by atoms with Crippen LogP contribution in [0.1, 0.15) is 43.2 Å². The lowest BCUT2D eigenvalue weighted by molar-refractivity contribution is 0.228. The Hall–Kier alpha value is -1.02. The van der Waals surface area contributed by atoms with Crippen molar-refractivity contribution in [1.29, 1.82) is 0 Å². The van der Waals surface area contributed by atoms with Gasteiger partial charge < -0.3 is 10.2 Å². The van der Waals surface area contributed by atoms with Gasteiger partial charge in [0.15, 0.2) is 0 Å². The summed E-state index contributed by atoms with van der Waals surface area (Å²) in [4.78, 5) is 2.52. The quantitative estimate of drug-likeness (QED) is 0.886.